The molecule has 0 saturated carbocycles. The Hall–Kier alpha value is -2.16. The minimum atomic E-state index is -0.180. The average molecular weight is 286 g/mol. The number of carbonyl (C=O) groups is 1. The van der Waals surface area contributed by atoms with Crippen molar-refractivity contribution in [2.24, 2.45) is 0 Å². The molecule has 1 amide bonds. The standard InChI is InChI=1S/C15H14N2O2S/c1-11-16-10-14(20-11)15(19)17-9-13-6-3-2-5-12(13)7-4-8-18/h2-3,5-6,10,18H,8-9H2,1H3,(H,17,19). The van der Waals surface area contributed by atoms with E-state index in [4.69, 9.17) is 5.11 Å². The molecule has 0 saturated heterocycles. The van der Waals surface area contributed by atoms with Crippen LogP contribution in [0.4, 0.5) is 0 Å². The molecule has 0 aliphatic carbocycles. The van der Waals surface area contributed by atoms with Crippen molar-refractivity contribution in [3.63, 3.8) is 0 Å². The summed E-state index contributed by atoms with van der Waals surface area (Å²) in [5, 5.41) is 12.5. The summed E-state index contributed by atoms with van der Waals surface area (Å²) in [5.41, 5.74) is 1.73. The number of nitrogens with one attached hydrogen (secondary N) is 1. The fraction of sp³-hybridized carbons (Fsp3) is 0.200. The Kier molecular flexibility index (Phi) is 4.88. The highest BCUT2D eigenvalue weighted by Crippen LogP contribution is 2.12. The smallest absolute Gasteiger partial charge is 0.263 e. The van der Waals surface area contributed by atoms with E-state index in [0.717, 1.165) is 16.1 Å². The second kappa shape index (κ2) is 6.85. The molecule has 2 aromatic rings. The van der Waals surface area contributed by atoms with E-state index in [-0.39, 0.29) is 12.5 Å². The van der Waals surface area contributed by atoms with Crippen LogP contribution >= 0.6 is 11.3 Å². The van der Waals surface area contributed by atoms with Crippen LogP contribution in [-0.2, 0) is 6.54 Å². The molecular formula is C15H14N2O2S. The van der Waals surface area contributed by atoms with Crippen molar-refractivity contribution >= 4 is 17.2 Å². The Morgan fingerprint density at radius 1 is 1.45 bits per heavy atom. The molecule has 0 fully saturated rings. The summed E-state index contributed by atoms with van der Waals surface area (Å²) in [6, 6.07) is 7.53. The van der Waals surface area contributed by atoms with Crippen molar-refractivity contribution in [1.82, 2.24) is 10.3 Å². The first-order valence-corrected chi connectivity index (χ1v) is 6.90. The van der Waals surface area contributed by atoms with Gasteiger partial charge >= 0.3 is 0 Å². The summed E-state index contributed by atoms with van der Waals surface area (Å²) in [5.74, 6) is 5.34. The largest absolute Gasteiger partial charge is 0.384 e. The van der Waals surface area contributed by atoms with E-state index >= 15 is 0 Å². The topological polar surface area (TPSA) is 62.2 Å². The van der Waals surface area contributed by atoms with E-state index in [9.17, 15) is 4.79 Å². The van der Waals surface area contributed by atoms with Gasteiger partial charge in [0.25, 0.3) is 5.91 Å². The Morgan fingerprint density at radius 3 is 2.95 bits per heavy atom. The van der Waals surface area contributed by atoms with E-state index in [0.29, 0.717) is 11.4 Å². The monoisotopic (exact) mass is 286 g/mol. The third kappa shape index (κ3) is 3.67. The van der Waals surface area contributed by atoms with Crippen LogP contribution in [0.25, 0.3) is 0 Å². The zero-order valence-corrected chi connectivity index (χ0v) is 11.8. The van der Waals surface area contributed by atoms with Crippen molar-refractivity contribution in [1.29, 1.82) is 0 Å². The lowest BCUT2D eigenvalue weighted by atomic mass is 10.1. The lowest BCUT2D eigenvalue weighted by Crippen LogP contribution is -2.22. The van der Waals surface area contributed by atoms with Gasteiger partial charge in [0.05, 0.1) is 11.2 Å². The number of aryl methyl sites for hydroxylation is 1. The third-order valence-corrected chi connectivity index (χ3v) is 3.52. The minimum absolute atomic E-state index is 0.138. The molecule has 1 heterocycles. The van der Waals surface area contributed by atoms with Crippen LogP contribution in [0.2, 0.25) is 0 Å². The predicted molar refractivity (Wildman–Crippen MR) is 78.4 cm³/mol. The number of aliphatic hydroxyl groups excluding tert-OH is 1. The molecule has 20 heavy (non-hydrogen) atoms. The number of hydrogen-bond acceptors (Lipinski definition) is 4. The van der Waals surface area contributed by atoms with Crippen molar-refractivity contribution in [2.75, 3.05) is 6.61 Å². The summed E-state index contributed by atoms with van der Waals surface area (Å²) >= 11 is 1.36. The number of thiazole rings is 1. The molecule has 1 aromatic heterocycles. The third-order valence-electron chi connectivity index (χ3n) is 2.60. The van der Waals surface area contributed by atoms with E-state index in [1.54, 1.807) is 6.20 Å². The molecule has 2 N–H and O–H groups in total. The molecule has 0 bridgehead atoms. The number of amides is 1. The Labute approximate surface area is 121 Å². The lowest BCUT2D eigenvalue weighted by Gasteiger charge is -2.06. The van der Waals surface area contributed by atoms with Gasteiger partial charge in [-0.1, -0.05) is 30.0 Å². The van der Waals surface area contributed by atoms with Crippen LogP contribution in [0.1, 0.15) is 25.8 Å². The zero-order chi connectivity index (χ0) is 14.4. The number of aliphatic hydroxyl groups is 1. The van der Waals surface area contributed by atoms with Gasteiger partial charge in [0.15, 0.2) is 0 Å². The van der Waals surface area contributed by atoms with Gasteiger partial charge in [0.2, 0.25) is 0 Å². The molecule has 5 heteroatoms. The summed E-state index contributed by atoms with van der Waals surface area (Å²) in [6.45, 7) is 2.08. The van der Waals surface area contributed by atoms with E-state index < -0.39 is 0 Å². The van der Waals surface area contributed by atoms with E-state index in [2.05, 4.69) is 22.1 Å². The van der Waals surface area contributed by atoms with Crippen molar-refractivity contribution in [2.45, 2.75) is 13.5 Å². The van der Waals surface area contributed by atoms with Gasteiger partial charge < -0.3 is 10.4 Å². The van der Waals surface area contributed by atoms with Crippen LogP contribution in [-0.4, -0.2) is 22.6 Å². The van der Waals surface area contributed by atoms with Crippen LogP contribution < -0.4 is 5.32 Å². The van der Waals surface area contributed by atoms with Crippen LogP contribution in [0, 0.1) is 18.8 Å². The number of aromatic nitrogens is 1. The molecule has 2 rings (SSSR count). The van der Waals surface area contributed by atoms with Gasteiger partial charge in [0.1, 0.15) is 11.5 Å². The van der Waals surface area contributed by atoms with Crippen molar-refractivity contribution in [3.8, 4) is 11.8 Å². The molecule has 0 aliphatic heterocycles. The van der Waals surface area contributed by atoms with Crippen LogP contribution in [0.3, 0.4) is 0 Å². The Bertz CT molecular complexity index is 668. The maximum absolute atomic E-state index is 11.9. The normalized spacial score (nSPS) is 9.70. The summed E-state index contributed by atoms with van der Waals surface area (Å²) in [4.78, 5) is 16.6. The summed E-state index contributed by atoms with van der Waals surface area (Å²) < 4.78 is 0. The second-order valence-corrected chi connectivity index (χ2v) is 5.28. The highest BCUT2D eigenvalue weighted by molar-refractivity contribution is 7.13. The maximum Gasteiger partial charge on any atom is 0.263 e. The first-order chi connectivity index (χ1) is 9.70. The quantitative estimate of drug-likeness (QED) is 0.845. The first kappa shape index (κ1) is 14.3. The molecule has 0 unspecified atom stereocenters. The van der Waals surface area contributed by atoms with Gasteiger partial charge in [-0.2, -0.15) is 0 Å². The molecule has 0 spiro atoms. The fourth-order valence-electron chi connectivity index (χ4n) is 1.66. The molecule has 4 nitrogen and oxygen atoms in total. The Balaban J connectivity index is 2.06. The molecule has 0 atom stereocenters. The van der Waals surface area contributed by atoms with Crippen LogP contribution in [0.5, 0.6) is 0 Å². The summed E-state index contributed by atoms with van der Waals surface area (Å²) in [7, 11) is 0. The number of benzene rings is 1. The van der Waals surface area contributed by atoms with Crippen molar-refractivity contribution in [3.05, 3.63) is 51.5 Å². The molecular weight excluding hydrogens is 272 g/mol. The van der Waals surface area contributed by atoms with Crippen LogP contribution in [0.15, 0.2) is 30.5 Å². The number of carbonyl (C=O) groups excluding carboxylic acids is 1. The van der Waals surface area contributed by atoms with E-state index in [1.807, 2.05) is 31.2 Å². The maximum atomic E-state index is 11.9. The van der Waals surface area contributed by atoms with Crippen molar-refractivity contribution < 1.29 is 9.90 Å². The van der Waals surface area contributed by atoms with Gasteiger partial charge in [0, 0.05) is 12.1 Å². The highest BCUT2D eigenvalue weighted by atomic mass is 32.1. The SMILES string of the molecule is Cc1ncc(C(=O)NCc2ccccc2C#CCO)s1. The number of nitrogens with zero attached hydrogens (tertiary/aromatic N) is 1. The lowest BCUT2D eigenvalue weighted by molar-refractivity contribution is 0.0954. The molecule has 102 valence electrons. The average Bonchev–Trinajstić information content (AvgIpc) is 2.90. The molecule has 1 aromatic carbocycles. The fourth-order valence-corrected chi connectivity index (χ4v) is 2.35. The number of rotatable bonds is 3. The Morgan fingerprint density at radius 2 is 2.25 bits per heavy atom. The molecule has 0 aliphatic rings. The summed E-state index contributed by atoms with van der Waals surface area (Å²) in [6.07, 6.45) is 1.58. The van der Waals surface area contributed by atoms with Gasteiger partial charge in [-0.15, -0.1) is 11.3 Å². The number of hydrogen-bond donors (Lipinski definition) is 2. The predicted octanol–water partition coefficient (Wildman–Crippen LogP) is 1.73. The zero-order valence-electron chi connectivity index (χ0n) is 11.0. The second-order valence-electron chi connectivity index (χ2n) is 4.04. The van der Waals surface area contributed by atoms with Gasteiger partial charge in [-0.3, -0.25) is 4.79 Å². The molecule has 0 radical (unpaired) electrons. The first-order valence-electron chi connectivity index (χ1n) is 6.09. The highest BCUT2D eigenvalue weighted by Gasteiger charge is 2.09. The van der Waals surface area contributed by atoms with Gasteiger partial charge in [-0.25, -0.2) is 4.98 Å². The minimum Gasteiger partial charge on any atom is -0.384 e. The van der Waals surface area contributed by atoms with E-state index in [1.165, 1.54) is 11.3 Å². The van der Waals surface area contributed by atoms with Gasteiger partial charge in [-0.05, 0) is 18.6 Å².